The number of amides is 1. The van der Waals surface area contributed by atoms with Crippen molar-refractivity contribution in [3.63, 3.8) is 0 Å². The number of hydrogen-bond acceptors (Lipinski definition) is 3. The molecule has 3 aromatic rings. The quantitative estimate of drug-likeness (QED) is 0.720. The predicted octanol–water partition coefficient (Wildman–Crippen LogP) is 4.18. The molecule has 0 aliphatic carbocycles. The predicted molar refractivity (Wildman–Crippen MR) is 96.1 cm³/mol. The van der Waals surface area contributed by atoms with Crippen LogP contribution in [0.2, 0.25) is 10.0 Å². The van der Waals surface area contributed by atoms with Gasteiger partial charge in [0.25, 0.3) is 0 Å². The maximum Gasteiger partial charge on any atom is 0.233 e. The molecule has 122 valence electrons. The Bertz CT molecular complexity index is 937. The van der Waals surface area contributed by atoms with Crippen molar-refractivity contribution in [3.8, 4) is 0 Å². The number of anilines is 2. The number of benzene rings is 1. The molecular weight excluding hydrogens is 347 g/mol. The number of carbonyl (C=O) groups is 1. The molecule has 2 N–H and O–H groups in total. The first kappa shape index (κ1) is 15.3. The number of hydrogen-bond donors (Lipinski definition) is 2. The van der Waals surface area contributed by atoms with Crippen LogP contribution in [0.1, 0.15) is 17.9 Å². The Labute approximate surface area is 148 Å². The Kier molecular flexibility index (Phi) is 3.82. The van der Waals surface area contributed by atoms with E-state index in [9.17, 15) is 4.79 Å². The van der Waals surface area contributed by atoms with Crippen molar-refractivity contribution in [1.29, 1.82) is 0 Å². The van der Waals surface area contributed by atoms with E-state index in [0.717, 1.165) is 16.9 Å². The third-order valence-corrected chi connectivity index (χ3v) is 4.92. The summed E-state index contributed by atoms with van der Waals surface area (Å²) in [5, 5.41) is 7.16. The molecule has 1 aliphatic rings. The number of halogens is 2. The van der Waals surface area contributed by atoms with E-state index < -0.39 is 0 Å². The highest BCUT2D eigenvalue weighted by atomic mass is 35.5. The van der Waals surface area contributed by atoms with E-state index in [1.54, 1.807) is 18.3 Å². The van der Waals surface area contributed by atoms with Crippen LogP contribution in [0.4, 0.5) is 11.5 Å². The Hall–Kier alpha value is -2.24. The number of aromatic nitrogens is 2. The standard InChI is InChI=1S/C17H14Cl2N4O/c18-12-7-11-10(4-5-20-14(11)8-13(12)19)17(24)22-16-9-21-15-3-1-2-6-23(15)16/h1-3,6-10,20H,4-5H2,(H,22,24). The third-order valence-electron chi connectivity index (χ3n) is 4.20. The topological polar surface area (TPSA) is 58.4 Å². The zero-order chi connectivity index (χ0) is 16.7. The van der Waals surface area contributed by atoms with E-state index >= 15 is 0 Å². The molecule has 1 aromatic carbocycles. The molecule has 0 saturated heterocycles. The van der Waals surface area contributed by atoms with Crippen LogP contribution < -0.4 is 10.6 Å². The molecule has 1 aliphatic heterocycles. The number of rotatable bonds is 2. The lowest BCUT2D eigenvalue weighted by Crippen LogP contribution is -2.28. The molecule has 24 heavy (non-hydrogen) atoms. The van der Waals surface area contributed by atoms with Crippen LogP contribution >= 0.6 is 23.2 Å². The highest BCUT2D eigenvalue weighted by Gasteiger charge is 2.28. The molecule has 0 saturated carbocycles. The normalized spacial score (nSPS) is 16.5. The number of nitrogens with zero attached hydrogens (tertiary/aromatic N) is 2. The van der Waals surface area contributed by atoms with Gasteiger partial charge in [-0.25, -0.2) is 4.98 Å². The van der Waals surface area contributed by atoms with Crippen molar-refractivity contribution in [3.05, 3.63) is 58.3 Å². The first-order chi connectivity index (χ1) is 11.6. The van der Waals surface area contributed by atoms with Gasteiger partial charge in [0.05, 0.1) is 22.2 Å². The monoisotopic (exact) mass is 360 g/mol. The number of fused-ring (bicyclic) bond motifs is 2. The number of carbonyl (C=O) groups excluding carboxylic acids is 1. The largest absolute Gasteiger partial charge is 0.385 e. The number of nitrogens with one attached hydrogen (secondary N) is 2. The molecule has 0 bridgehead atoms. The SMILES string of the molecule is O=C(Nc1cnc2ccccn12)C1CCNc2cc(Cl)c(Cl)cc21. The van der Waals surface area contributed by atoms with Crippen molar-refractivity contribution in [2.75, 3.05) is 17.2 Å². The summed E-state index contributed by atoms with van der Waals surface area (Å²) in [6, 6.07) is 9.23. The number of pyridine rings is 1. The summed E-state index contributed by atoms with van der Waals surface area (Å²) in [5.74, 6) is 0.280. The lowest BCUT2D eigenvalue weighted by Gasteiger charge is -2.26. The van der Waals surface area contributed by atoms with Crippen molar-refractivity contribution in [2.24, 2.45) is 0 Å². The maximum atomic E-state index is 12.8. The fraction of sp³-hybridized carbons (Fsp3) is 0.176. The fourth-order valence-corrected chi connectivity index (χ4v) is 3.36. The molecule has 1 atom stereocenters. The molecule has 2 aromatic heterocycles. The highest BCUT2D eigenvalue weighted by molar-refractivity contribution is 6.42. The Morgan fingerprint density at radius 2 is 2.12 bits per heavy atom. The summed E-state index contributed by atoms with van der Waals surface area (Å²) in [5.41, 5.74) is 2.50. The first-order valence-electron chi connectivity index (χ1n) is 7.59. The zero-order valence-electron chi connectivity index (χ0n) is 12.6. The number of imidazole rings is 1. The molecule has 0 fully saturated rings. The lowest BCUT2D eigenvalue weighted by atomic mass is 9.90. The smallest absolute Gasteiger partial charge is 0.233 e. The van der Waals surface area contributed by atoms with Gasteiger partial charge in [0.2, 0.25) is 5.91 Å². The van der Waals surface area contributed by atoms with Gasteiger partial charge < -0.3 is 10.6 Å². The minimum absolute atomic E-state index is 0.0817. The molecular formula is C17H14Cl2N4O. The maximum absolute atomic E-state index is 12.8. The van der Waals surface area contributed by atoms with E-state index in [4.69, 9.17) is 23.2 Å². The van der Waals surface area contributed by atoms with Gasteiger partial charge in [-0.1, -0.05) is 29.3 Å². The summed E-state index contributed by atoms with van der Waals surface area (Å²) in [7, 11) is 0. The second-order valence-corrected chi connectivity index (χ2v) is 6.50. The molecule has 1 amide bonds. The van der Waals surface area contributed by atoms with Crippen LogP contribution in [0.25, 0.3) is 5.65 Å². The van der Waals surface area contributed by atoms with Gasteiger partial charge in [0.1, 0.15) is 11.5 Å². The minimum atomic E-state index is -0.287. The molecule has 0 spiro atoms. The van der Waals surface area contributed by atoms with Crippen LogP contribution in [-0.4, -0.2) is 21.8 Å². The minimum Gasteiger partial charge on any atom is -0.385 e. The van der Waals surface area contributed by atoms with Gasteiger partial charge in [-0.3, -0.25) is 9.20 Å². The molecule has 3 heterocycles. The van der Waals surface area contributed by atoms with Crippen LogP contribution in [-0.2, 0) is 4.79 Å². The second kappa shape index (κ2) is 6.00. The summed E-state index contributed by atoms with van der Waals surface area (Å²) in [6.45, 7) is 0.705. The van der Waals surface area contributed by atoms with Crippen LogP contribution in [0, 0.1) is 0 Å². The van der Waals surface area contributed by atoms with Crippen molar-refractivity contribution in [2.45, 2.75) is 12.3 Å². The van der Waals surface area contributed by atoms with Crippen molar-refractivity contribution >= 4 is 46.3 Å². The summed E-state index contributed by atoms with van der Waals surface area (Å²) in [6.07, 6.45) is 4.21. The van der Waals surface area contributed by atoms with Gasteiger partial charge in [-0.05, 0) is 36.2 Å². The van der Waals surface area contributed by atoms with Gasteiger partial charge >= 0.3 is 0 Å². The molecule has 5 nitrogen and oxygen atoms in total. The van der Waals surface area contributed by atoms with Gasteiger partial charge in [0, 0.05) is 18.4 Å². The van der Waals surface area contributed by atoms with E-state index in [-0.39, 0.29) is 11.8 Å². The van der Waals surface area contributed by atoms with E-state index in [1.807, 2.05) is 28.8 Å². The third kappa shape index (κ3) is 2.60. The second-order valence-electron chi connectivity index (χ2n) is 5.68. The Morgan fingerprint density at radius 3 is 3.00 bits per heavy atom. The van der Waals surface area contributed by atoms with Crippen molar-refractivity contribution < 1.29 is 4.79 Å². The molecule has 1 unspecified atom stereocenters. The average molecular weight is 361 g/mol. The molecule has 4 rings (SSSR count). The highest BCUT2D eigenvalue weighted by Crippen LogP contribution is 2.37. The summed E-state index contributed by atoms with van der Waals surface area (Å²) < 4.78 is 1.84. The van der Waals surface area contributed by atoms with E-state index in [1.165, 1.54) is 0 Å². The van der Waals surface area contributed by atoms with Gasteiger partial charge in [-0.15, -0.1) is 0 Å². The Morgan fingerprint density at radius 1 is 1.29 bits per heavy atom. The molecule has 7 heteroatoms. The van der Waals surface area contributed by atoms with Crippen molar-refractivity contribution in [1.82, 2.24) is 9.38 Å². The van der Waals surface area contributed by atoms with Gasteiger partial charge in [0.15, 0.2) is 0 Å². The lowest BCUT2D eigenvalue weighted by molar-refractivity contribution is -0.117. The van der Waals surface area contributed by atoms with E-state index in [2.05, 4.69) is 15.6 Å². The first-order valence-corrected chi connectivity index (χ1v) is 8.35. The van der Waals surface area contributed by atoms with Gasteiger partial charge in [-0.2, -0.15) is 0 Å². The Balaban J connectivity index is 1.65. The van der Waals surface area contributed by atoms with E-state index in [0.29, 0.717) is 28.8 Å². The summed E-state index contributed by atoms with van der Waals surface area (Å²) in [4.78, 5) is 17.1. The fourth-order valence-electron chi connectivity index (χ4n) is 3.02. The summed E-state index contributed by atoms with van der Waals surface area (Å²) >= 11 is 12.2. The zero-order valence-corrected chi connectivity index (χ0v) is 14.1. The van der Waals surface area contributed by atoms with Crippen LogP contribution in [0.5, 0.6) is 0 Å². The van der Waals surface area contributed by atoms with Crippen LogP contribution in [0.3, 0.4) is 0 Å². The molecule has 0 radical (unpaired) electrons. The average Bonchev–Trinajstić information content (AvgIpc) is 2.98. The van der Waals surface area contributed by atoms with Crippen LogP contribution in [0.15, 0.2) is 42.7 Å².